The number of nitrogens with zero attached hydrogens (tertiary/aromatic N) is 5. The molecular weight excluding hydrogens is 268 g/mol. The summed E-state index contributed by atoms with van der Waals surface area (Å²) in [7, 11) is 3.96. The van der Waals surface area contributed by atoms with E-state index in [-0.39, 0.29) is 0 Å². The fourth-order valence-corrected chi connectivity index (χ4v) is 2.56. The van der Waals surface area contributed by atoms with Crippen molar-refractivity contribution < 1.29 is 4.74 Å². The molecule has 1 saturated heterocycles. The van der Waals surface area contributed by atoms with Crippen LogP contribution < -0.4 is 15.0 Å². The van der Waals surface area contributed by atoms with E-state index in [1.54, 1.807) is 0 Å². The largest absolute Gasteiger partial charge is 0.462 e. The summed E-state index contributed by atoms with van der Waals surface area (Å²) in [5.41, 5.74) is 0. The maximum absolute atomic E-state index is 5.73. The first-order valence-corrected chi connectivity index (χ1v) is 7.78. The van der Waals surface area contributed by atoms with Gasteiger partial charge in [-0.3, -0.25) is 0 Å². The van der Waals surface area contributed by atoms with Crippen LogP contribution in [0.1, 0.15) is 25.7 Å². The summed E-state index contributed by atoms with van der Waals surface area (Å²) in [5, 5.41) is 2.98. The van der Waals surface area contributed by atoms with Gasteiger partial charge in [-0.1, -0.05) is 0 Å². The standard InChI is InChI=1S/C14H24N6O/c1-15-12-16-13(20-7-3-4-8-20)18-14(17-12)21-10-9-19(2)11-5-6-11/h11H,3-10H2,1-2H3,(H,15,16,17,18). The van der Waals surface area contributed by atoms with Crippen LogP contribution >= 0.6 is 0 Å². The van der Waals surface area contributed by atoms with Gasteiger partial charge < -0.3 is 19.9 Å². The van der Waals surface area contributed by atoms with Crippen LogP contribution in [0.3, 0.4) is 0 Å². The molecule has 0 spiro atoms. The highest BCUT2D eigenvalue weighted by molar-refractivity contribution is 5.38. The number of hydrogen-bond acceptors (Lipinski definition) is 7. The lowest BCUT2D eigenvalue weighted by Crippen LogP contribution is -2.27. The molecule has 1 aliphatic heterocycles. The van der Waals surface area contributed by atoms with Crippen molar-refractivity contribution in [3.05, 3.63) is 0 Å². The topological polar surface area (TPSA) is 66.4 Å². The van der Waals surface area contributed by atoms with Crippen LogP contribution in [0.15, 0.2) is 0 Å². The van der Waals surface area contributed by atoms with E-state index < -0.39 is 0 Å². The predicted octanol–water partition coefficient (Wildman–Crippen LogP) is 0.986. The molecule has 2 fully saturated rings. The highest BCUT2D eigenvalue weighted by Crippen LogP contribution is 2.25. The highest BCUT2D eigenvalue weighted by atomic mass is 16.5. The second kappa shape index (κ2) is 6.43. The lowest BCUT2D eigenvalue weighted by molar-refractivity contribution is 0.220. The van der Waals surface area contributed by atoms with Gasteiger partial charge in [-0.15, -0.1) is 0 Å². The smallest absolute Gasteiger partial charge is 0.323 e. The first-order chi connectivity index (χ1) is 10.3. The lowest BCUT2D eigenvalue weighted by atomic mass is 10.4. The molecule has 1 saturated carbocycles. The Hall–Kier alpha value is -1.63. The molecular formula is C14H24N6O. The van der Waals surface area contributed by atoms with Gasteiger partial charge in [0, 0.05) is 32.7 Å². The molecule has 0 aromatic carbocycles. The Morgan fingerprint density at radius 2 is 2.00 bits per heavy atom. The quantitative estimate of drug-likeness (QED) is 0.803. The van der Waals surface area contributed by atoms with Crippen molar-refractivity contribution in [3.63, 3.8) is 0 Å². The Morgan fingerprint density at radius 3 is 2.67 bits per heavy atom. The predicted molar refractivity (Wildman–Crippen MR) is 82.0 cm³/mol. The van der Waals surface area contributed by atoms with Crippen LogP contribution in [-0.4, -0.2) is 66.2 Å². The number of anilines is 2. The Labute approximate surface area is 125 Å². The molecule has 0 atom stereocenters. The molecule has 1 aromatic heterocycles. The average Bonchev–Trinajstić information content (AvgIpc) is 3.21. The van der Waals surface area contributed by atoms with Crippen LogP contribution in [0, 0.1) is 0 Å². The lowest BCUT2D eigenvalue weighted by Gasteiger charge is -2.17. The minimum Gasteiger partial charge on any atom is -0.462 e. The third kappa shape index (κ3) is 3.72. The minimum atomic E-state index is 0.417. The number of rotatable bonds is 7. The van der Waals surface area contributed by atoms with E-state index in [9.17, 15) is 0 Å². The summed E-state index contributed by atoms with van der Waals surface area (Å²) in [6.45, 7) is 3.54. The maximum atomic E-state index is 5.73. The van der Waals surface area contributed by atoms with Gasteiger partial charge in [0.05, 0.1) is 0 Å². The zero-order valence-corrected chi connectivity index (χ0v) is 12.9. The normalized spacial score (nSPS) is 18.3. The van der Waals surface area contributed by atoms with E-state index in [0.29, 0.717) is 18.6 Å². The summed E-state index contributed by atoms with van der Waals surface area (Å²) in [6, 6.07) is 1.17. The zero-order chi connectivity index (χ0) is 14.7. The first-order valence-electron chi connectivity index (χ1n) is 7.78. The number of ether oxygens (including phenoxy) is 1. The molecule has 7 nitrogen and oxygen atoms in total. The maximum Gasteiger partial charge on any atom is 0.323 e. The average molecular weight is 292 g/mol. The van der Waals surface area contributed by atoms with Crippen molar-refractivity contribution in [2.75, 3.05) is 50.6 Å². The SMILES string of the molecule is CNc1nc(OCCN(C)C2CC2)nc(N2CCCC2)n1. The Kier molecular flexibility index (Phi) is 4.38. The first kappa shape index (κ1) is 14.3. The zero-order valence-electron chi connectivity index (χ0n) is 12.9. The van der Waals surface area contributed by atoms with E-state index in [4.69, 9.17) is 4.74 Å². The van der Waals surface area contributed by atoms with Crippen molar-refractivity contribution in [2.45, 2.75) is 31.7 Å². The molecule has 2 aliphatic rings. The minimum absolute atomic E-state index is 0.417. The molecule has 1 aromatic rings. The Balaban J connectivity index is 1.61. The summed E-state index contributed by atoms with van der Waals surface area (Å²) in [5.74, 6) is 1.29. The third-order valence-electron chi connectivity index (χ3n) is 4.06. The molecule has 7 heteroatoms. The van der Waals surface area contributed by atoms with Crippen molar-refractivity contribution in [2.24, 2.45) is 0 Å². The van der Waals surface area contributed by atoms with E-state index >= 15 is 0 Å². The summed E-state index contributed by atoms with van der Waals surface area (Å²) in [6.07, 6.45) is 5.02. The van der Waals surface area contributed by atoms with Gasteiger partial charge in [-0.2, -0.15) is 15.0 Å². The number of hydrogen-bond donors (Lipinski definition) is 1. The van der Waals surface area contributed by atoms with Gasteiger partial charge in [0.1, 0.15) is 6.61 Å². The fraction of sp³-hybridized carbons (Fsp3) is 0.786. The van der Waals surface area contributed by atoms with Crippen LogP contribution in [-0.2, 0) is 0 Å². The second-order valence-corrected chi connectivity index (χ2v) is 5.75. The van der Waals surface area contributed by atoms with E-state index in [0.717, 1.165) is 31.6 Å². The van der Waals surface area contributed by atoms with Gasteiger partial charge >= 0.3 is 6.01 Å². The summed E-state index contributed by atoms with van der Waals surface area (Å²) in [4.78, 5) is 17.7. The van der Waals surface area contributed by atoms with Gasteiger partial charge in [0.25, 0.3) is 0 Å². The molecule has 116 valence electrons. The number of nitrogens with one attached hydrogen (secondary N) is 1. The van der Waals surface area contributed by atoms with Crippen LogP contribution in [0.25, 0.3) is 0 Å². The van der Waals surface area contributed by atoms with Crippen LogP contribution in [0.4, 0.5) is 11.9 Å². The Morgan fingerprint density at radius 1 is 1.24 bits per heavy atom. The van der Waals surface area contributed by atoms with Crippen molar-refractivity contribution in [1.29, 1.82) is 0 Å². The molecule has 1 N–H and O–H groups in total. The molecule has 3 rings (SSSR count). The third-order valence-corrected chi connectivity index (χ3v) is 4.06. The Bertz CT molecular complexity index is 473. The van der Waals surface area contributed by atoms with Crippen LogP contribution in [0.2, 0.25) is 0 Å². The van der Waals surface area contributed by atoms with Crippen molar-refractivity contribution in [1.82, 2.24) is 19.9 Å². The fourth-order valence-electron chi connectivity index (χ4n) is 2.56. The van der Waals surface area contributed by atoms with Gasteiger partial charge in [0.2, 0.25) is 11.9 Å². The summed E-state index contributed by atoms with van der Waals surface area (Å²) < 4.78 is 5.73. The van der Waals surface area contributed by atoms with E-state index in [1.165, 1.54) is 25.7 Å². The number of aromatic nitrogens is 3. The second-order valence-electron chi connectivity index (χ2n) is 5.75. The molecule has 0 unspecified atom stereocenters. The van der Waals surface area contributed by atoms with Crippen molar-refractivity contribution in [3.8, 4) is 6.01 Å². The number of likely N-dealkylation sites (N-methyl/N-ethyl adjacent to an activating group) is 1. The molecule has 0 radical (unpaired) electrons. The van der Waals surface area contributed by atoms with Gasteiger partial charge in [-0.05, 0) is 32.7 Å². The van der Waals surface area contributed by atoms with Gasteiger partial charge in [0.15, 0.2) is 0 Å². The molecule has 21 heavy (non-hydrogen) atoms. The van der Waals surface area contributed by atoms with Crippen LogP contribution in [0.5, 0.6) is 6.01 Å². The molecule has 1 aliphatic carbocycles. The molecule has 0 bridgehead atoms. The molecule has 0 amide bonds. The van der Waals surface area contributed by atoms with E-state index in [1.807, 2.05) is 7.05 Å². The van der Waals surface area contributed by atoms with Gasteiger partial charge in [-0.25, -0.2) is 0 Å². The van der Waals surface area contributed by atoms with Crippen molar-refractivity contribution >= 4 is 11.9 Å². The monoisotopic (exact) mass is 292 g/mol. The molecule has 2 heterocycles. The van der Waals surface area contributed by atoms with E-state index in [2.05, 4.69) is 37.1 Å². The summed E-state index contributed by atoms with van der Waals surface area (Å²) >= 11 is 0. The highest BCUT2D eigenvalue weighted by Gasteiger charge is 2.25.